The molecule has 3 N–H and O–H groups in total. The number of nitrogens with one attached hydrogen (secondary N) is 3. The van der Waals surface area contributed by atoms with E-state index in [9.17, 15) is 24.0 Å². The Labute approximate surface area is 197 Å². The number of carbonyl (C=O) groups excluding carboxylic acids is 5. The van der Waals surface area contributed by atoms with Crippen molar-refractivity contribution in [2.24, 2.45) is 0 Å². The average Bonchev–Trinajstić information content (AvgIpc) is 3.23. The summed E-state index contributed by atoms with van der Waals surface area (Å²) in [6, 6.07) is 6.65. The lowest BCUT2D eigenvalue weighted by Crippen LogP contribution is -2.51. The van der Waals surface area contributed by atoms with Crippen LogP contribution < -0.4 is 16.0 Å². The molecule has 1 aromatic rings. The van der Waals surface area contributed by atoms with Crippen LogP contribution in [0.1, 0.15) is 45.6 Å². The molecule has 1 fully saturated rings. The van der Waals surface area contributed by atoms with Gasteiger partial charge in [-0.1, -0.05) is 30.3 Å². The fourth-order valence-corrected chi connectivity index (χ4v) is 3.15. The lowest BCUT2D eigenvalue weighted by atomic mass is 10.1. The molecule has 1 aromatic carbocycles. The van der Waals surface area contributed by atoms with Crippen molar-refractivity contribution < 1.29 is 38.2 Å². The van der Waals surface area contributed by atoms with Crippen LogP contribution in [0.3, 0.4) is 0 Å². The highest BCUT2D eigenvalue weighted by Crippen LogP contribution is 2.15. The topological polar surface area (TPSA) is 149 Å². The standard InChI is InChI=1S/C23H31N3O8/c1-23(2,3)34-22(31)26-18(13-24-21(30)32-14-15-7-5-4-6-8-15)20(29)33-19(28)17-10-9-16(25-17)11-12-27/h4-8,12,16-18,25H,9-11,13-14H2,1-3H3,(H,24,30)(H,26,31)/t16?,17?,18-/m0/s1. The van der Waals surface area contributed by atoms with Gasteiger partial charge in [0.2, 0.25) is 0 Å². The maximum absolute atomic E-state index is 12.6. The highest BCUT2D eigenvalue weighted by molar-refractivity contribution is 5.92. The molecular weight excluding hydrogens is 446 g/mol. The van der Waals surface area contributed by atoms with Crippen molar-refractivity contribution in [2.75, 3.05) is 6.54 Å². The normalized spacial score (nSPS) is 18.3. The number of carbonyl (C=O) groups is 5. The van der Waals surface area contributed by atoms with Gasteiger partial charge in [-0.3, -0.25) is 0 Å². The molecule has 11 nitrogen and oxygen atoms in total. The van der Waals surface area contributed by atoms with E-state index in [2.05, 4.69) is 16.0 Å². The van der Waals surface area contributed by atoms with Gasteiger partial charge in [0.15, 0.2) is 0 Å². The SMILES string of the molecule is CC(C)(C)OC(=O)N[C@@H](CNC(=O)OCc1ccccc1)C(=O)OC(=O)C1CCC(CC=O)N1. The van der Waals surface area contributed by atoms with Crippen LogP contribution in [0, 0.1) is 0 Å². The van der Waals surface area contributed by atoms with Gasteiger partial charge in [-0.2, -0.15) is 0 Å². The third-order valence-corrected chi connectivity index (χ3v) is 4.75. The van der Waals surface area contributed by atoms with Crippen molar-refractivity contribution >= 4 is 30.4 Å². The summed E-state index contributed by atoms with van der Waals surface area (Å²) in [4.78, 5) is 59.9. The summed E-state index contributed by atoms with van der Waals surface area (Å²) in [5.74, 6) is -1.90. The summed E-state index contributed by atoms with van der Waals surface area (Å²) in [5, 5.41) is 7.60. The largest absolute Gasteiger partial charge is 0.445 e. The Balaban J connectivity index is 1.93. The second-order valence-electron chi connectivity index (χ2n) is 8.78. The number of alkyl carbamates (subject to hydrolysis) is 2. The Morgan fingerprint density at radius 1 is 1.12 bits per heavy atom. The molecule has 0 saturated carbocycles. The van der Waals surface area contributed by atoms with Gasteiger partial charge in [-0.25, -0.2) is 19.2 Å². The first-order chi connectivity index (χ1) is 16.1. The van der Waals surface area contributed by atoms with E-state index in [0.29, 0.717) is 12.8 Å². The van der Waals surface area contributed by atoms with Crippen molar-refractivity contribution in [1.82, 2.24) is 16.0 Å². The van der Waals surface area contributed by atoms with Gasteiger partial charge in [0.25, 0.3) is 0 Å². The Morgan fingerprint density at radius 3 is 2.47 bits per heavy atom. The third-order valence-electron chi connectivity index (χ3n) is 4.75. The third kappa shape index (κ3) is 9.57. The molecule has 0 aromatic heterocycles. The zero-order chi connectivity index (χ0) is 25.1. The Bertz CT molecular complexity index is 869. The minimum absolute atomic E-state index is 0.00900. The van der Waals surface area contributed by atoms with Crippen molar-refractivity contribution in [3.8, 4) is 0 Å². The van der Waals surface area contributed by atoms with Crippen LogP contribution in [-0.4, -0.2) is 60.7 Å². The van der Waals surface area contributed by atoms with Crippen LogP contribution in [0.5, 0.6) is 0 Å². The fraction of sp³-hybridized carbons (Fsp3) is 0.522. The van der Waals surface area contributed by atoms with Gasteiger partial charge in [-0.15, -0.1) is 0 Å². The van der Waals surface area contributed by atoms with Gasteiger partial charge in [0.1, 0.15) is 30.6 Å². The van der Waals surface area contributed by atoms with E-state index < -0.39 is 48.4 Å². The van der Waals surface area contributed by atoms with Crippen molar-refractivity contribution in [3.05, 3.63) is 35.9 Å². The number of hydrogen-bond donors (Lipinski definition) is 3. The Kier molecular flexibility index (Phi) is 9.99. The molecule has 2 rings (SSSR count). The van der Waals surface area contributed by atoms with Gasteiger partial charge in [0, 0.05) is 12.5 Å². The van der Waals surface area contributed by atoms with Crippen LogP contribution in [0.4, 0.5) is 9.59 Å². The molecule has 2 amide bonds. The summed E-state index contributed by atoms with van der Waals surface area (Å²) in [7, 11) is 0. The lowest BCUT2D eigenvalue weighted by molar-refractivity contribution is -0.162. The molecule has 1 aliphatic heterocycles. The maximum atomic E-state index is 12.6. The molecule has 1 heterocycles. The molecule has 186 valence electrons. The molecule has 0 radical (unpaired) electrons. The van der Waals surface area contributed by atoms with Crippen LogP contribution in [0.15, 0.2) is 30.3 Å². The minimum atomic E-state index is -1.41. The highest BCUT2D eigenvalue weighted by atomic mass is 16.6. The average molecular weight is 478 g/mol. The predicted octanol–water partition coefficient (Wildman–Crippen LogP) is 1.59. The number of aldehydes is 1. The predicted molar refractivity (Wildman–Crippen MR) is 120 cm³/mol. The molecule has 3 atom stereocenters. The zero-order valence-corrected chi connectivity index (χ0v) is 19.5. The van der Waals surface area contributed by atoms with E-state index in [1.807, 2.05) is 6.07 Å². The molecule has 0 bridgehead atoms. The first-order valence-electron chi connectivity index (χ1n) is 11.0. The summed E-state index contributed by atoms with van der Waals surface area (Å²) in [5.41, 5.74) is -0.0689. The van der Waals surface area contributed by atoms with Crippen molar-refractivity contribution in [2.45, 2.75) is 70.4 Å². The summed E-state index contributed by atoms with van der Waals surface area (Å²) < 4.78 is 15.2. The summed E-state index contributed by atoms with van der Waals surface area (Å²) >= 11 is 0. The molecule has 1 saturated heterocycles. The molecular formula is C23H31N3O8. The summed E-state index contributed by atoms with van der Waals surface area (Å²) in [6.07, 6.45) is 0.231. The van der Waals surface area contributed by atoms with E-state index in [0.717, 1.165) is 11.8 Å². The maximum Gasteiger partial charge on any atom is 0.408 e. The fourth-order valence-electron chi connectivity index (χ4n) is 3.15. The molecule has 34 heavy (non-hydrogen) atoms. The molecule has 0 aliphatic carbocycles. The number of benzene rings is 1. The van der Waals surface area contributed by atoms with Crippen LogP contribution in [0.25, 0.3) is 0 Å². The van der Waals surface area contributed by atoms with Crippen LogP contribution in [-0.2, 0) is 35.2 Å². The second-order valence-corrected chi connectivity index (χ2v) is 8.78. The number of amides is 2. The highest BCUT2D eigenvalue weighted by Gasteiger charge is 2.34. The number of ether oxygens (including phenoxy) is 3. The minimum Gasteiger partial charge on any atom is -0.445 e. The quantitative estimate of drug-likeness (QED) is 0.209. The Morgan fingerprint density at radius 2 is 1.82 bits per heavy atom. The second kappa shape index (κ2) is 12.7. The van der Waals surface area contributed by atoms with Crippen molar-refractivity contribution in [1.29, 1.82) is 0 Å². The first kappa shape index (κ1) is 26.8. The number of esters is 2. The van der Waals surface area contributed by atoms with Gasteiger partial charge >= 0.3 is 24.1 Å². The Hall–Kier alpha value is -3.47. The van der Waals surface area contributed by atoms with E-state index in [4.69, 9.17) is 14.2 Å². The van der Waals surface area contributed by atoms with Crippen molar-refractivity contribution in [3.63, 3.8) is 0 Å². The molecule has 2 unspecified atom stereocenters. The van der Waals surface area contributed by atoms with Gasteiger partial charge in [0.05, 0.1) is 6.54 Å². The van der Waals surface area contributed by atoms with E-state index in [1.165, 1.54) is 0 Å². The molecule has 0 spiro atoms. The van der Waals surface area contributed by atoms with E-state index >= 15 is 0 Å². The van der Waals surface area contributed by atoms with E-state index in [1.54, 1.807) is 45.0 Å². The number of rotatable bonds is 9. The van der Waals surface area contributed by atoms with Gasteiger partial charge < -0.3 is 35.0 Å². The first-order valence-corrected chi connectivity index (χ1v) is 11.0. The number of hydrogen-bond acceptors (Lipinski definition) is 9. The molecule has 11 heteroatoms. The van der Waals surface area contributed by atoms with E-state index in [-0.39, 0.29) is 19.1 Å². The summed E-state index contributed by atoms with van der Waals surface area (Å²) in [6.45, 7) is 4.54. The molecule has 1 aliphatic rings. The smallest absolute Gasteiger partial charge is 0.408 e. The van der Waals surface area contributed by atoms with Crippen LogP contribution >= 0.6 is 0 Å². The monoisotopic (exact) mass is 477 g/mol. The van der Waals surface area contributed by atoms with Gasteiger partial charge in [-0.05, 0) is 39.2 Å². The lowest BCUT2D eigenvalue weighted by Gasteiger charge is -2.23. The van der Waals surface area contributed by atoms with Crippen LogP contribution in [0.2, 0.25) is 0 Å². The zero-order valence-electron chi connectivity index (χ0n) is 19.5.